The molecule has 0 spiro atoms. The predicted octanol–water partition coefficient (Wildman–Crippen LogP) is 0.901. The zero-order chi connectivity index (χ0) is 18.0. The number of hydrogen-bond acceptors (Lipinski definition) is 7. The molecule has 2 aromatic rings. The highest BCUT2D eigenvalue weighted by Gasteiger charge is 2.28. The fourth-order valence-corrected chi connectivity index (χ4v) is 4.10. The Morgan fingerprint density at radius 2 is 1.92 bits per heavy atom. The fourth-order valence-electron chi connectivity index (χ4n) is 3.02. The minimum atomic E-state index is -3.17. The predicted molar refractivity (Wildman–Crippen MR) is 97.7 cm³/mol. The number of anilines is 2. The van der Waals surface area contributed by atoms with Gasteiger partial charge in [0.15, 0.2) is 0 Å². The Kier molecular flexibility index (Phi) is 4.87. The number of nitrogen functional groups attached to an aromatic ring is 1. The normalized spacial score (nSPS) is 16.2. The van der Waals surface area contributed by atoms with Crippen molar-refractivity contribution in [2.45, 2.75) is 13.8 Å². The SMILES string of the molecule is CCS(=O)(=O)N1CCN(c2nc(N)nc(C)c2-c2cccnc2)CC1. The van der Waals surface area contributed by atoms with Gasteiger partial charge < -0.3 is 10.6 Å². The molecule has 134 valence electrons. The van der Waals surface area contributed by atoms with Crippen molar-refractivity contribution in [2.24, 2.45) is 0 Å². The lowest BCUT2D eigenvalue weighted by atomic mass is 10.1. The largest absolute Gasteiger partial charge is 0.368 e. The first kappa shape index (κ1) is 17.6. The van der Waals surface area contributed by atoms with Crippen molar-refractivity contribution < 1.29 is 8.42 Å². The van der Waals surface area contributed by atoms with Gasteiger partial charge in [0.1, 0.15) is 5.82 Å². The third-order valence-corrected chi connectivity index (χ3v) is 6.22. The number of rotatable bonds is 4. The van der Waals surface area contributed by atoms with Crippen LogP contribution >= 0.6 is 0 Å². The molecule has 0 atom stereocenters. The zero-order valence-electron chi connectivity index (χ0n) is 14.4. The molecule has 1 aliphatic heterocycles. The van der Waals surface area contributed by atoms with Crippen molar-refractivity contribution in [3.8, 4) is 11.1 Å². The Morgan fingerprint density at radius 1 is 1.20 bits per heavy atom. The van der Waals surface area contributed by atoms with Gasteiger partial charge in [-0.1, -0.05) is 6.07 Å². The lowest BCUT2D eigenvalue weighted by Crippen LogP contribution is -2.49. The molecular formula is C16H22N6O2S. The molecule has 0 bridgehead atoms. The molecule has 1 fully saturated rings. The minimum Gasteiger partial charge on any atom is -0.368 e. The molecule has 2 aromatic heterocycles. The van der Waals surface area contributed by atoms with E-state index in [9.17, 15) is 8.42 Å². The third kappa shape index (κ3) is 3.57. The van der Waals surface area contributed by atoms with Crippen molar-refractivity contribution in [2.75, 3.05) is 42.6 Å². The van der Waals surface area contributed by atoms with E-state index in [1.165, 1.54) is 4.31 Å². The number of nitrogens with zero attached hydrogens (tertiary/aromatic N) is 5. The van der Waals surface area contributed by atoms with Gasteiger partial charge in [0.05, 0.1) is 11.4 Å². The van der Waals surface area contributed by atoms with Crippen molar-refractivity contribution in [3.05, 3.63) is 30.2 Å². The molecule has 9 heteroatoms. The maximum Gasteiger partial charge on any atom is 0.222 e. The van der Waals surface area contributed by atoms with E-state index in [0.29, 0.717) is 26.2 Å². The standard InChI is InChI=1S/C16H22N6O2S/c1-3-25(23,24)22-9-7-21(8-10-22)15-14(12(2)19-16(17)20-15)13-5-4-6-18-11-13/h4-6,11H,3,7-10H2,1-2H3,(H2,17,19,20). The van der Waals surface area contributed by atoms with E-state index < -0.39 is 10.0 Å². The zero-order valence-corrected chi connectivity index (χ0v) is 15.2. The van der Waals surface area contributed by atoms with Crippen LogP contribution in [0, 0.1) is 6.92 Å². The van der Waals surface area contributed by atoms with E-state index in [0.717, 1.165) is 22.6 Å². The Morgan fingerprint density at radius 3 is 2.52 bits per heavy atom. The first-order chi connectivity index (χ1) is 11.9. The highest BCUT2D eigenvalue weighted by atomic mass is 32.2. The summed E-state index contributed by atoms with van der Waals surface area (Å²) in [4.78, 5) is 15.0. The molecule has 1 saturated heterocycles. The highest BCUT2D eigenvalue weighted by Crippen LogP contribution is 2.32. The number of aryl methyl sites for hydroxylation is 1. The molecule has 25 heavy (non-hydrogen) atoms. The topological polar surface area (TPSA) is 105 Å². The summed E-state index contributed by atoms with van der Waals surface area (Å²) in [5.41, 5.74) is 8.44. The summed E-state index contributed by atoms with van der Waals surface area (Å²) < 4.78 is 25.6. The van der Waals surface area contributed by atoms with Crippen LogP contribution in [0.4, 0.5) is 11.8 Å². The van der Waals surface area contributed by atoms with Gasteiger partial charge >= 0.3 is 0 Å². The van der Waals surface area contributed by atoms with Gasteiger partial charge in [-0.3, -0.25) is 4.98 Å². The van der Waals surface area contributed by atoms with Gasteiger partial charge in [0.2, 0.25) is 16.0 Å². The molecule has 1 aliphatic rings. The van der Waals surface area contributed by atoms with E-state index in [1.54, 1.807) is 19.3 Å². The quantitative estimate of drug-likeness (QED) is 0.861. The average molecular weight is 362 g/mol. The Bertz CT molecular complexity index is 848. The summed E-state index contributed by atoms with van der Waals surface area (Å²) in [6.45, 7) is 5.54. The lowest BCUT2D eigenvalue weighted by Gasteiger charge is -2.35. The van der Waals surface area contributed by atoms with E-state index in [-0.39, 0.29) is 11.7 Å². The number of aromatic nitrogens is 3. The van der Waals surface area contributed by atoms with Crippen LogP contribution in [0.15, 0.2) is 24.5 Å². The van der Waals surface area contributed by atoms with Crippen LogP contribution in [-0.2, 0) is 10.0 Å². The summed E-state index contributed by atoms with van der Waals surface area (Å²) in [7, 11) is -3.17. The molecular weight excluding hydrogens is 340 g/mol. The van der Waals surface area contributed by atoms with Gasteiger partial charge in [0, 0.05) is 49.7 Å². The maximum atomic E-state index is 12.0. The van der Waals surface area contributed by atoms with E-state index in [2.05, 4.69) is 19.9 Å². The summed E-state index contributed by atoms with van der Waals surface area (Å²) in [6, 6.07) is 3.82. The van der Waals surface area contributed by atoms with Crippen molar-refractivity contribution in [1.29, 1.82) is 0 Å². The Hall–Kier alpha value is -2.26. The number of sulfonamides is 1. The molecule has 0 aromatic carbocycles. The van der Waals surface area contributed by atoms with Crippen molar-refractivity contribution in [3.63, 3.8) is 0 Å². The molecule has 0 radical (unpaired) electrons. The smallest absolute Gasteiger partial charge is 0.222 e. The van der Waals surface area contributed by atoms with Crippen molar-refractivity contribution >= 4 is 21.8 Å². The van der Waals surface area contributed by atoms with Crippen LogP contribution in [-0.4, -0.2) is 59.6 Å². The molecule has 3 rings (SSSR count). The Labute approximate surface area is 147 Å². The summed E-state index contributed by atoms with van der Waals surface area (Å²) in [5, 5.41) is 0. The molecule has 0 aliphatic carbocycles. The number of hydrogen-bond donors (Lipinski definition) is 1. The van der Waals surface area contributed by atoms with Gasteiger partial charge in [-0.25, -0.2) is 13.4 Å². The molecule has 2 N–H and O–H groups in total. The monoisotopic (exact) mass is 362 g/mol. The molecule has 3 heterocycles. The molecule has 0 amide bonds. The second kappa shape index (κ2) is 6.93. The first-order valence-corrected chi connectivity index (χ1v) is 9.80. The lowest BCUT2D eigenvalue weighted by molar-refractivity contribution is 0.384. The highest BCUT2D eigenvalue weighted by molar-refractivity contribution is 7.89. The van der Waals surface area contributed by atoms with E-state index in [4.69, 9.17) is 5.73 Å². The van der Waals surface area contributed by atoms with Crippen LogP contribution in [0.3, 0.4) is 0 Å². The van der Waals surface area contributed by atoms with Crippen LogP contribution in [0.2, 0.25) is 0 Å². The summed E-state index contributed by atoms with van der Waals surface area (Å²) in [6.07, 6.45) is 3.48. The third-order valence-electron chi connectivity index (χ3n) is 4.33. The number of piperazine rings is 1. The first-order valence-electron chi connectivity index (χ1n) is 8.19. The van der Waals surface area contributed by atoms with E-state index in [1.807, 2.05) is 19.1 Å². The summed E-state index contributed by atoms with van der Waals surface area (Å²) in [5.74, 6) is 1.06. The maximum absolute atomic E-state index is 12.0. The molecule has 0 unspecified atom stereocenters. The van der Waals surface area contributed by atoms with Crippen LogP contribution < -0.4 is 10.6 Å². The fraction of sp³-hybridized carbons (Fsp3) is 0.438. The average Bonchev–Trinajstić information content (AvgIpc) is 2.62. The van der Waals surface area contributed by atoms with Crippen molar-refractivity contribution in [1.82, 2.24) is 19.3 Å². The second-order valence-electron chi connectivity index (χ2n) is 5.89. The van der Waals surface area contributed by atoms with E-state index >= 15 is 0 Å². The van der Waals surface area contributed by atoms with Gasteiger partial charge in [-0.05, 0) is 19.9 Å². The second-order valence-corrected chi connectivity index (χ2v) is 8.15. The van der Waals surface area contributed by atoms with Gasteiger partial charge in [-0.2, -0.15) is 9.29 Å². The Balaban J connectivity index is 1.94. The van der Waals surface area contributed by atoms with Crippen LogP contribution in [0.25, 0.3) is 11.1 Å². The van der Waals surface area contributed by atoms with Crippen LogP contribution in [0.1, 0.15) is 12.6 Å². The van der Waals surface area contributed by atoms with Gasteiger partial charge in [-0.15, -0.1) is 0 Å². The summed E-state index contributed by atoms with van der Waals surface area (Å²) >= 11 is 0. The molecule has 8 nitrogen and oxygen atoms in total. The molecule has 0 saturated carbocycles. The number of nitrogens with two attached hydrogens (primary N) is 1. The van der Waals surface area contributed by atoms with Crippen LogP contribution in [0.5, 0.6) is 0 Å². The van der Waals surface area contributed by atoms with Gasteiger partial charge in [0.25, 0.3) is 0 Å². The minimum absolute atomic E-state index is 0.119. The number of pyridine rings is 1.